The second-order valence-corrected chi connectivity index (χ2v) is 4.45. The Morgan fingerprint density at radius 3 is 3.18 bits per heavy atom. The van der Waals surface area contributed by atoms with Crippen LogP contribution < -0.4 is 5.32 Å². The average Bonchev–Trinajstić information content (AvgIpc) is 2.95. The Morgan fingerprint density at radius 2 is 2.53 bits per heavy atom. The summed E-state index contributed by atoms with van der Waals surface area (Å²) >= 11 is 1.59. The van der Waals surface area contributed by atoms with E-state index in [0.717, 1.165) is 16.2 Å². The number of hydrogen-bond acceptors (Lipinski definition) is 4. The van der Waals surface area contributed by atoms with Gasteiger partial charge in [0.15, 0.2) is 0 Å². The summed E-state index contributed by atoms with van der Waals surface area (Å²) in [4.78, 5) is 12.6. The first-order valence-corrected chi connectivity index (χ1v) is 6.03. The SMILES string of the molecule is Cc1oncc1CNC(=O)/C=C/c1cccs1. The molecule has 2 aromatic heterocycles. The Labute approximate surface area is 103 Å². The number of carbonyl (C=O) groups excluding carboxylic acids is 1. The van der Waals surface area contributed by atoms with Crippen LogP contribution >= 0.6 is 11.3 Å². The third-order valence-corrected chi connectivity index (χ3v) is 3.08. The second kappa shape index (κ2) is 5.45. The van der Waals surface area contributed by atoms with Crippen molar-refractivity contribution in [3.8, 4) is 0 Å². The molecule has 17 heavy (non-hydrogen) atoms. The smallest absolute Gasteiger partial charge is 0.244 e. The van der Waals surface area contributed by atoms with Gasteiger partial charge in [0.1, 0.15) is 5.76 Å². The number of aromatic nitrogens is 1. The van der Waals surface area contributed by atoms with Crippen molar-refractivity contribution < 1.29 is 9.32 Å². The van der Waals surface area contributed by atoms with Crippen molar-refractivity contribution in [3.63, 3.8) is 0 Å². The number of carbonyl (C=O) groups is 1. The predicted molar refractivity (Wildman–Crippen MR) is 66.4 cm³/mol. The maximum absolute atomic E-state index is 11.5. The summed E-state index contributed by atoms with van der Waals surface area (Å²) in [5.41, 5.74) is 0.892. The molecule has 4 nitrogen and oxygen atoms in total. The molecule has 2 heterocycles. The number of amides is 1. The van der Waals surface area contributed by atoms with Gasteiger partial charge < -0.3 is 9.84 Å². The molecule has 0 spiro atoms. The molecule has 0 fully saturated rings. The molecule has 1 N–H and O–H groups in total. The minimum atomic E-state index is -0.126. The van der Waals surface area contributed by atoms with Crippen molar-refractivity contribution in [3.05, 3.63) is 46.0 Å². The molecule has 0 saturated carbocycles. The van der Waals surface area contributed by atoms with E-state index in [9.17, 15) is 4.79 Å². The van der Waals surface area contributed by atoms with E-state index in [1.165, 1.54) is 6.08 Å². The van der Waals surface area contributed by atoms with E-state index in [-0.39, 0.29) is 5.91 Å². The van der Waals surface area contributed by atoms with Gasteiger partial charge in [0.05, 0.1) is 6.20 Å². The number of aryl methyl sites for hydroxylation is 1. The maximum atomic E-state index is 11.5. The molecule has 0 unspecified atom stereocenters. The van der Waals surface area contributed by atoms with Gasteiger partial charge in [0, 0.05) is 23.1 Å². The van der Waals surface area contributed by atoms with Gasteiger partial charge in [-0.3, -0.25) is 4.79 Å². The van der Waals surface area contributed by atoms with Crippen LogP contribution in [-0.4, -0.2) is 11.1 Å². The van der Waals surface area contributed by atoms with Crippen LogP contribution in [0.3, 0.4) is 0 Å². The molecular formula is C12H12N2O2S. The molecule has 5 heteroatoms. The Kier molecular flexibility index (Phi) is 3.72. The lowest BCUT2D eigenvalue weighted by molar-refractivity contribution is -0.116. The highest BCUT2D eigenvalue weighted by Gasteiger charge is 2.03. The van der Waals surface area contributed by atoms with Crippen molar-refractivity contribution in [1.29, 1.82) is 0 Å². The fourth-order valence-electron chi connectivity index (χ4n) is 1.27. The Hall–Kier alpha value is -1.88. The molecule has 2 aromatic rings. The summed E-state index contributed by atoms with van der Waals surface area (Å²) in [5.74, 6) is 0.603. The fraction of sp³-hybridized carbons (Fsp3) is 0.167. The average molecular weight is 248 g/mol. The minimum Gasteiger partial charge on any atom is -0.361 e. The highest BCUT2D eigenvalue weighted by atomic mass is 32.1. The topological polar surface area (TPSA) is 55.1 Å². The van der Waals surface area contributed by atoms with E-state index in [2.05, 4.69) is 10.5 Å². The van der Waals surface area contributed by atoms with Crippen molar-refractivity contribution in [2.45, 2.75) is 13.5 Å². The fourth-order valence-corrected chi connectivity index (χ4v) is 1.89. The van der Waals surface area contributed by atoms with Crippen LogP contribution in [0.4, 0.5) is 0 Å². The number of hydrogen-bond donors (Lipinski definition) is 1. The molecule has 0 bridgehead atoms. The second-order valence-electron chi connectivity index (χ2n) is 3.47. The molecule has 88 valence electrons. The number of rotatable bonds is 4. The van der Waals surface area contributed by atoms with Gasteiger partial charge in [-0.1, -0.05) is 11.2 Å². The van der Waals surface area contributed by atoms with Crippen molar-refractivity contribution in [2.24, 2.45) is 0 Å². The normalized spacial score (nSPS) is 10.9. The molecule has 0 atom stereocenters. The van der Waals surface area contributed by atoms with E-state index < -0.39 is 0 Å². The molecule has 0 aliphatic heterocycles. The monoisotopic (exact) mass is 248 g/mol. The van der Waals surface area contributed by atoms with E-state index in [1.54, 1.807) is 23.6 Å². The lowest BCUT2D eigenvalue weighted by Crippen LogP contribution is -2.20. The third-order valence-electron chi connectivity index (χ3n) is 2.25. The van der Waals surface area contributed by atoms with Crippen LogP contribution in [0.25, 0.3) is 6.08 Å². The van der Waals surface area contributed by atoms with E-state index in [1.807, 2.05) is 24.4 Å². The summed E-state index contributed by atoms with van der Waals surface area (Å²) in [6, 6.07) is 3.90. The predicted octanol–water partition coefficient (Wildman–Crippen LogP) is 2.37. The third kappa shape index (κ3) is 3.29. The van der Waals surface area contributed by atoms with E-state index in [4.69, 9.17) is 4.52 Å². The summed E-state index contributed by atoms with van der Waals surface area (Å²) in [6.45, 7) is 2.25. The van der Waals surface area contributed by atoms with E-state index in [0.29, 0.717) is 6.54 Å². The number of thiophene rings is 1. The van der Waals surface area contributed by atoms with Crippen molar-refractivity contribution >= 4 is 23.3 Å². The molecule has 0 aliphatic rings. The summed E-state index contributed by atoms with van der Waals surface area (Å²) < 4.78 is 4.90. The van der Waals surface area contributed by atoms with Gasteiger partial charge in [-0.25, -0.2) is 0 Å². The maximum Gasteiger partial charge on any atom is 0.244 e. The van der Waals surface area contributed by atoms with Crippen LogP contribution in [0.2, 0.25) is 0 Å². The van der Waals surface area contributed by atoms with Gasteiger partial charge in [-0.2, -0.15) is 0 Å². The first kappa shape index (κ1) is 11.6. The summed E-state index contributed by atoms with van der Waals surface area (Å²) in [5, 5.41) is 8.38. The van der Waals surface area contributed by atoms with Gasteiger partial charge in [0.2, 0.25) is 5.91 Å². The van der Waals surface area contributed by atoms with Gasteiger partial charge in [-0.05, 0) is 24.4 Å². The quantitative estimate of drug-likeness (QED) is 0.845. The molecule has 0 aromatic carbocycles. The first-order chi connectivity index (χ1) is 8.25. The summed E-state index contributed by atoms with van der Waals surface area (Å²) in [7, 11) is 0. The highest BCUT2D eigenvalue weighted by Crippen LogP contribution is 2.10. The minimum absolute atomic E-state index is 0.126. The zero-order valence-corrected chi connectivity index (χ0v) is 10.2. The standard InChI is InChI=1S/C12H12N2O2S/c1-9-10(8-14-16-9)7-13-12(15)5-4-11-3-2-6-17-11/h2-6,8H,7H2,1H3,(H,13,15)/b5-4+. The Morgan fingerprint density at radius 1 is 1.65 bits per heavy atom. The van der Waals surface area contributed by atoms with Gasteiger partial charge >= 0.3 is 0 Å². The van der Waals surface area contributed by atoms with Crippen LogP contribution in [0, 0.1) is 6.92 Å². The highest BCUT2D eigenvalue weighted by molar-refractivity contribution is 7.10. The Balaban J connectivity index is 1.84. The number of nitrogens with one attached hydrogen (secondary N) is 1. The molecule has 1 amide bonds. The van der Waals surface area contributed by atoms with Crippen LogP contribution in [-0.2, 0) is 11.3 Å². The molecular weight excluding hydrogens is 236 g/mol. The molecule has 0 radical (unpaired) electrons. The van der Waals surface area contributed by atoms with Crippen molar-refractivity contribution in [1.82, 2.24) is 10.5 Å². The summed E-state index contributed by atoms with van der Waals surface area (Å²) in [6.07, 6.45) is 4.92. The molecule has 2 rings (SSSR count). The molecule has 0 saturated heterocycles. The zero-order valence-electron chi connectivity index (χ0n) is 9.34. The lowest BCUT2D eigenvalue weighted by Gasteiger charge is -1.98. The van der Waals surface area contributed by atoms with E-state index >= 15 is 0 Å². The lowest BCUT2D eigenvalue weighted by atomic mass is 10.3. The number of nitrogens with zero attached hydrogens (tertiary/aromatic N) is 1. The van der Waals surface area contributed by atoms with Crippen molar-refractivity contribution in [2.75, 3.05) is 0 Å². The largest absolute Gasteiger partial charge is 0.361 e. The molecule has 0 aliphatic carbocycles. The van der Waals surface area contributed by atoms with Gasteiger partial charge in [0.25, 0.3) is 0 Å². The zero-order chi connectivity index (χ0) is 12.1. The van der Waals surface area contributed by atoms with Crippen LogP contribution in [0.5, 0.6) is 0 Å². The van der Waals surface area contributed by atoms with Gasteiger partial charge in [-0.15, -0.1) is 11.3 Å². The first-order valence-electron chi connectivity index (χ1n) is 5.15. The Bertz CT molecular complexity index is 514. The van der Waals surface area contributed by atoms with Crippen LogP contribution in [0.15, 0.2) is 34.3 Å². The van der Waals surface area contributed by atoms with Crippen LogP contribution in [0.1, 0.15) is 16.2 Å².